The second-order valence-corrected chi connectivity index (χ2v) is 10.2. The molecule has 1 fully saturated rings. The molecule has 2 aromatic rings. The van der Waals surface area contributed by atoms with Crippen molar-refractivity contribution in [2.45, 2.75) is 53.6 Å². The van der Waals surface area contributed by atoms with E-state index in [1.165, 1.54) is 16.9 Å². The van der Waals surface area contributed by atoms with Gasteiger partial charge < -0.3 is 15.0 Å². The summed E-state index contributed by atoms with van der Waals surface area (Å²) < 4.78 is 5.44. The Kier molecular flexibility index (Phi) is 7.21. The highest BCUT2D eigenvalue weighted by atomic mass is 32.1. The minimum Gasteiger partial charge on any atom is -0.444 e. The number of thiophene rings is 1. The summed E-state index contributed by atoms with van der Waals surface area (Å²) in [6.07, 6.45) is 0.636. The van der Waals surface area contributed by atoms with Gasteiger partial charge in [0.15, 0.2) is 0 Å². The average Bonchev–Trinajstić information content (AvgIpc) is 3.00. The van der Waals surface area contributed by atoms with Gasteiger partial charge in [-0.2, -0.15) is 0 Å². The van der Waals surface area contributed by atoms with E-state index in [1.807, 2.05) is 34.6 Å². The Morgan fingerprint density at radius 2 is 1.84 bits per heavy atom. The van der Waals surface area contributed by atoms with Crippen LogP contribution in [0.1, 0.15) is 53.7 Å². The highest BCUT2D eigenvalue weighted by Crippen LogP contribution is 2.32. The van der Waals surface area contributed by atoms with Gasteiger partial charge in [0.05, 0.1) is 4.88 Å². The van der Waals surface area contributed by atoms with Gasteiger partial charge in [0, 0.05) is 43.8 Å². The Morgan fingerprint density at radius 1 is 1.16 bits per heavy atom. The Labute approximate surface area is 188 Å². The lowest BCUT2D eigenvalue weighted by atomic mass is 10.1. The largest absolute Gasteiger partial charge is 0.444 e. The van der Waals surface area contributed by atoms with Crippen LogP contribution >= 0.6 is 11.3 Å². The van der Waals surface area contributed by atoms with Crippen LogP contribution in [0.15, 0.2) is 6.07 Å². The summed E-state index contributed by atoms with van der Waals surface area (Å²) in [5.41, 5.74) is 2.69. The molecule has 31 heavy (non-hydrogen) atoms. The molecule has 0 radical (unpaired) electrons. The van der Waals surface area contributed by atoms with Gasteiger partial charge in [-0.25, -0.2) is 9.78 Å². The highest BCUT2D eigenvalue weighted by Gasteiger charge is 2.25. The molecule has 1 aliphatic heterocycles. The lowest BCUT2D eigenvalue weighted by Gasteiger charge is -2.35. The second-order valence-electron chi connectivity index (χ2n) is 9.24. The fraction of sp³-hybridized carbons (Fsp3) is 0.609. The normalized spacial score (nSPS) is 15.4. The molecule has 2 aromatic heterocycles. The van der Waals surface area contributed by atoms with Crippen molar-refractivity contribution in [2.24, 2.45) is 0 Å². The molecule has 170 valence electrons. The predicted molar refractivity (Wildman–Crippen MR) is 125 cm³/mol. The molecular formula is C23H34N4O3S. The maximum Gasteiger partial charge on any atom is 0.410 e. The molecule has 8 heteroatoms. The number of rotatable bonds is 5. The molecule has 1 saturated heterocycles. The van der Waals surface area contributed by atoms with Crippen LogP contribution in [-0.4, -0.2) is 71.7 Å². The molecule has 0 saturated carbocycles. The van der Waals surface area contributed by atoms with Crippen molar-refractivity contribution in [2.75, 3.05) is 39.3 Å². The minimum absolute atomic E-state index is 0.0210. The molecule has 0 atom stereocenters. The van der Waals surface area contributed by atoms with E-state index < -0.39 is 5.60 Å². The van der Waals surface area contributed by atoms with E-state index in [0.29, 0.717) is 19.6 Å². The number of piperazine rings is 1. The van der Waals surface area contributed by atoms with Crippen molar-refractivity contribution in [3.63, 3.8) is 0 Å². The van der Waals surface area contributed by atoms with E-state index in [1.54, 1.807) is 4.90 Å². The second kappa shape index (κ2) is 9.53. The number of aryl methyl sites for hydroxylation is 3. The molecule has 0 unspecified atom stereocenters. The van der Waals surface area contributed by atoms with Gasteiger partial charge in [0.25, 0.3) is 5.91 Å². The molecule has 0 aliphatic carbocycles. The van der Waals surface area contributed by atoms with Crippen LogP contribution in [0.2, 0.25) is 0 Å². The van der Waals surface area contributed by atoms with E-state index >= 15 is 0 Å². The van der Waals surface area contributed by atoms with E-state index in [2.05, 4.69) is 28.2 Å². The number of fused-ring (bicyclic) bond motifs is 1. The van der Waals surface area contributed by atoms with Crippen LogP contribution in [0.5, 0.6) is 0 Å². The molecule has 0 aromatic carbocycles. The highest BCUT2D eigenvalue weighted by molar-refractivity contribution is 7.20. The molecule has 3 rings (SSSR count). The Hall–Kier alpha value is -2.19. The number of carbonyl (C=O) groups excluding carboxylic acids is 2. The zero-order valence-electron chi connectivity index (χ0n) is 19.5. The van der Waals surface area contributed by atoms with Crippen LogP contribution in [0.25, 0.3) is 10.2 Å². The maximum absolute atomic E-state index is 12.7. The Bertz CT molecular complexity index is 956. The number of nitrogens with zero attached hydrogens (tertiary/aromatic N) is 3. The van der Waals surface area contributed by atoms with Crippen molar-refractivity contribution in [3.05, 3.63) is 27.8 Å². The van der Waals surface area contributed by atoms with E-state index in [4.69, 9.17) is 4.74 Å². The van der Waals surface area contributed by atoms with Gasteiger partial charge in [0.1, 0.15) is 10.4 Å². The van der Waals surface area contributed by atoms with Crippen molar-refractivity contribution in [1.82, 2.24) is 20.1 Å². The quantitative estimate of drug-likeness (QED) is 0.705. The first-order chi connectivity index (χ1) is 14.5. The fourth-order valence-electron chi connectivity index (χ4n) is 3.90. The topological polar surface area (TPSA) is 74.8 Å². The molecule has 7 nitrogen and oxygen atoms in total. The summed E-state index contributed by atoms with van der Waals surface area (Å²) in [6, 6.07) is 2.06. The third-order valence-corrected chi connectivity index (χ3v) is 6.58. The van der Waals surface area contributed by atoms with E-state index in [9.17, 15) is 9.59 Å². The summed E-state index contributed by atoms with van der Waals surface area (Å²) in [5, 5.41) is 4.16. The van der Waals surface area contributed by atoms with Crippen LogP contribution in [0, 0.1) is 20.8 Å². The summed E-state index contributed by atoms with van der Waals surface area (Å²) in [5.74, 6) is -0.0210. The number of hydrogen-bond donors (Lipinski definition) is 1. The average molecular weight is 447 g/mol. The lowest BCUT2D eigenvalue weighted by Crippen LogP contribution is -2.50. The molecule has 0 bridgehead atoms. The van der Waals surface area contributed by atoms with Crippen molar-refractivity contribution in [1.29, 1.82) is 0 Å². The maximum atomic E-state index is 12.7. The lowest BCUT2D eigenvalue weighted by molar-refractivity contribution is 0.0144. The molecule has 0 spiro atoms. The van der Waals surface area contributed by atoms with Gasteiger partial charge >= 0.3 is 6.09 Å². The number of pyridine rings is 1. The fourth-order valence-corrected chi connectivity index (χ4v) is 5.12. The summed E-state index contributed by atoms with van der Waals surface area (Å²) >= 11 is 1.47. The smallest absolute Gasteiger partial charge is 0.410 e. The van der Waals surface area contributed by atoms with Crippen molar-refractivity contribution >= 4 is 33.6 Å². The predicted octanol–water partition coefficient (Wildman–Crippen LogP) is 3.89. The van der Waals surface area contributed by atoms with Crippen LogP contribution in [-0.2, 0) is 4.74 Å². The number of carbonyl (C=O) groups is 2. The first kappa shape index (κ1) is 23.5. The number of amides is 2. The van der Waals surface area contributed by atoms with E-state index in [-0.39, 0.29) is 12.0 Å². The third-order valence-electron chi connectivity index (χ3n) is 5.39. The van der Waals surface area contributed by atoms with Crippen LogP contribution < -0.4 is 5.32 Å². The van der Waals surface area contributed by atoms with Gasteiger partial charge in [-0.1, -0.05) is 0 Å². The first-order valence-corrected chi connectivity index (χ1v) is 11.7. The number of aromatic nitrogens is 1. The number of ether oxygens (including phenoxy) is 1. The number of nitrogens with one attached hydrogen (secondary N) is 1. The molecule has 3 heterocycles. The van der Waals surface area contributed by atoms with E-state index in [0.717, 1.165) is 52.4 Å². The number of hydrogen-bond acceptors (Lipinski definition) is 6. The van der Waals surface area contributed by atoms with Crippen LogP contribution in [0.3, 0.4) is 0 Å². The van der Waals surface area contributed by atoms with Gasteiger partial charge in [-0.05, 0) is 71.7 Å². The third kappa shape index (κ3) is 5.95. The van der Waals surface area contributed by atoms with Crippen molar-refractivity contribution in [3.8, 4) is 0 Å². The van der Waals surface area contributed by atoms with Crippen LogP contribution in [0.4, 0.5) is 4.79 Å². The summed E-state index contributed by atoms with van der Waals surface area (Å²) in [6.45, 7) is 16.2. The zero-order chi connectivity index (χ0) is 22.8. The SMILES string of the molecule is Cc1cc(C)c2c(C)c(C(=O)NCCCN3CCN(C(=O)OC(C)(C)C)CC3)sc2n1. The molecule has 2 amide bonds. The van der Waals surface area contributed by atoms with Gasteiger partial charge in [-0.15, -0.1) is 11.3 Å². The molecule has 1 N–H and O–H groups in total. The first-order valence-electron chi connectivity index (χ1n) is 10.9. The zero-order valence-corrected chi connectivity index (χ0v) is 20.3. The van der Waals surface area contributed by atoms with Gasteiger partial charge in [-0.3, -0.25) is 9.69 Å². The molecule has 1 aliphatic rings. The Morgan fingerprint density at radius 3 is 2.48 bits per heavy atom. The standard InChI is InChI=1S/C23H34N4O3S/c1-15-14-16(2)25-21-18(15)17(3)19(31-21)20(28)24-8-7-9-26-10-12-27(13-11-26)22(29)30-23(4,5)6/h14H,7-13H2,1-6H3,(H,24,28). The molecular weight excluding hydrogens is 412 g/mol. The monoisotopic (exact) mass is 446 g/mol. The summed E-state index contributed by atoms with van der Waals surface area (Å²) in [7, 11) is 0. The Balaban J connectivity index is 1.43. The minimum atomic E-state index is -0.465. The van der Waals surface area contributed by atoms with Gasteiger partial charge in [0.2, 0.25) is 0 Å². The van der Waals surface area contributed by atoms with Crippen molar-refractivity contribution < 1.29 is 14.3 Å². The summed E-state index contributed by atoms with van der Waals surface area (Å²) in [4.78, 5) is 35.2.